The number of rotatable bonds is 8. The Bertz CT molecular complexity index is 299. The first kappa shape index (κ1) is 15.0. The molecular formula is C13H23NO4. The van der Waals surface area contributed by atoms with Crippen LogP contribution in [0.25, 0.3) is 0 Å². The highest BCUT2D eigenvalue weighted by molar-refractivity contribution is 5.76. The number of aliphatic carboxylic acids is 1. The number of amides is 1. The fraction of sp³-hybridized carbons (Fsp3) is 0.846. The summed E-state index contributed by atoms with van der Waals surface area (Å²) in [5.74, 6) is -0.611. The van der Waals surface area contributed by atoms with Crippen LogP contribution in [0.4, 0.5) is 0 Å². The van der Waals surface area contributed by atoms with Crippen LogP contribution in [-0.2, 0) is 14.3 Å². The minimum absolute atomic E-state index is 0.0174. The first-order valence-corrected chi connectivity index (χ1v) is 6.45. The molecule has 5 nitrogen and oxygen atoms in total. The molecule has 104 valence electrons. The molecule has 1 unspecified atom stereocenters. The molecule has 0 saturated heterocycles. The van der Waals surface area contributed by atoms with Gasteiger partial charge in [0.15, 0.2) is 0 Å². The Morgan fingerprint density at radius 3 is 2.56 bits per heavy atom. The van der Waals surface area contributed by atoms with Gasteiger partial charge in [-0.3, -0.25) is 9.59 Å². The van der Waals surface area contributed by atoms with Crippen LogP contribution < -0.4 is 5.32 Å². The average Bonchev–Trinajstić information content (AvgIpc) is 2.21. The van der Waals surface area contributed by atoms with E-state index < -0.39 is 5.97 Å². The van der Waals surface area contributed by atoms with Crippen LogP contribution in [0, 0.1) is 11.3 Å². The lowest BCUT2D eigenvalue weighted by Crippen LogP contribution is -2.43. The molecule has 1 atom stereocenters. The van der Waals surface area contributed by atoms with Crippen LogP contribution >= 0.6 is 0 Å². The largest absolute Gasteiger partial charge is 0.481 e. The molecule has 1 saturated carbocycles. The molecule has 0 aliphatic heterocycles. The van der Waals surface area contributed by atoms with Gasteiger partial charge in [-0.15, -0.1) is 0 Å². The number of hydrogen-bond donors (Lipinski definition) is 2. The SMILES string of the molecule is COCC(C)CC(=O)NCC1(CC(=O)O)CCC1. The molecule has 0 aromatic heterocycles. The third kappa shape index (κ3) is 4.64. The van der Waals surface area contributed by atoms with E-state index in [0.717, 1.165) is 19.3 Å². The quantitative estimate of drug-likeness (QED) is 0.689. The number of methoxy groups -OCH3 is 1. The van der Waals surface area contributed by atoms with Gasteiger partial charge in [-0.2, -0.15) is 0 Å². The standard InChI is InChI=1S/C13H23NO4/c1-10(8-18-2)6-11(15)14-9-13(4-3-5-13)7-12(16)17/h10H,3-9H2,1-2H3,(H,14,15)(H,16,17). The van der Waals surface area contributed by atoms with Crippen molar-refractivity contribution < 1.29 is 19.4 Å². The van der Waals surface area contributed by atoms with E-state index in [1.165, 1.54) is 0 Å². The zero-order valence-corrected chi connectivity index (χ0v) is 11.2. The molecule has 1 aliphatic rings. The predicted octanol–water partition coefficient (Wildman–Crippen LogP) is 1.42. The van der Waals surface area contributed by atoms with Gasteiger partial charge in [0.05, 0.1) is 6.42 Å². The Hall–Kier alpha value is -1.10. The molecular weight excluding hydrogens is 234 g/mol. The van der Waals surface area contributed by atoms with Crippen molar-refractivity contribution in [1.29, 1.82) is 0 Å². The molecule has 0 bridgehead atoms. The van der Waals surface area contributed by atoms with Crippen molar-refractivity contribution in [3.63, 3.8) is 0 Å². The van der Waals surface area contributed by atoms with Crippen molar-refractivity contribution in [2.24, 2.45) is 11.3 Å². The Kier molecular flexibility index (Phi) is 5.59. The lowest BCUT2D eigenvalue weighted by Gasteiger charge is -2.40. The smallest absolute Gasteiger partial charge is 0.303 e. The Morgan fingerprint density at radius 1 is 1.44 bits per heavy atom. The zero-order chi connectivity index (χ0) is 13.6. The number of carboxylic acids is 1. The van der Waals surface area contributed by atoms with Gasteiger partial charge in [-0.25, -0.2) is 0 Å². The van der Waals surface area contributed by atoms with Crippen LogP contribution in [0.1, 0.15) is 39.0 Å². The van der Waals surface area contributed by atoms with E-state index in [4.69, 9.17) is 9.84 Å². The second kappa shape index (κ2) is 6.73. The fourth-order valence-electron chi connectivity index (χ4n) is 2.43. The van der Waals surface area contributed by atoms with E-state index >= 15 is 0 Å². The summed E-state index contributed by atoms with van der Waals surface area (Å²) < 4.78 is 4.98. The highest BCUT2D eigenvalue weighted by Gasteiger charge is 2.39. The maximum Gasteiger partial charge on any atom is 0.303 e. The second-order valence-electron chi connectivity index (χ2n) is 5.47. The normalized spacial score (nSPS) is 18.8. The van der Waals surface area contributed by atoms with Crippen molar-refractivity contribution in [3.05, 3.63) is 0 Å². The minimum atomic E-state index is -0.781. The molecule has 1 fully saturated rings. The maximum absolute atomic E-state index is 11.7. The summed E-state index contributed by atoms with van der Waals surface area (Å²) in [5, 5.41) is 11.7. The van der Waals surface area contributed by atoms with Gasteiger partial charge in [-0.05, 0) is 24.2 Å². The summed E-state index contributed by atoms with van der Waals surface area (Å²) in [6.07, 6.45) is 3.43. The molecule has 2 N–H and O–H groups in total. The molecule has 0 aromatic carbocycles. The van der Waals surface area contributed by atoms with Gasteiger partial charge in [0.1, 0.15) is 0 Å². The number of carbonyl (C=O) groups excluding carboxylic acids is 1. The number of hydrogen-bond acceptors (Lipinski definition) is 3. The molecule has 1 rings (SSSR count). The van der Waals surface area contributed by atoms with Crippen LogP contribution in [0.15, 0.2) is 0 Å². The first-order chi connectivity index (χ1) is 8.47. The Balaban J connectivity index is 2.30. The summed E-state index contributed by atoms with van der Waals surface area (Å²) in [6.45, 7) is 3.00. The number of carbonyl (C=O) groups is 2. The molecule has 5 heteroatoms. The number of carboxylic acid groups (broad SMARTS) is 1. The molecule has 1 aliphatic carbocycles. The topological polar surface area (TPSA) is 75.6 Å². The Labute approximate surface area is 108 Å². The van der Waals surface area contributed by atoms with E-state index in [0.29, 0.717) is 19.6 Å². The van der Waals surface area contributed by atoms with E-state index in [-0.39, 0.29) is 23.7 Å². The van der Waals surface area contributed by atoms with Gasteiger partial charge in [0.2, 0.25) is 5.91 Å². The van der Waals surface area contributed by atoms with Gasteiger partial charge >= 0.3 is 5.97 Å². The highest BCUT2D eigenvalue weighted by Crippen LogP contribution is 2.43. The molecule has 0 heterocycles. The lowest BCUT2D eigenvalue weighted by molar-refractivity contribution is -0.142. The first-order valence-electron chi connectivity index (χ1n) is 6.45. The molecule has 0 aromatic rings. The Morgan fingerprint density at radius 2 is 2.11 bits per heavy atom. The summed E-state index contributed by atoms with van der Waals surface area (Å²) in [7, 11) is 1.62. The fourth-order valence-corrected chi connectivity index (χ4v) is 2.43. The van der Waals surface area contributed by atoms with Crippen molar-refractivity contribution >= 4 is 11.9 Å². The van der Waals surface area contributed by atoms with E-state index in [1.807, 2.05) is 6.92 Å². The van der Waals surface area contributed by atoms with Gasteiger partial charge in [0.25, 0.3) is 0 Å². The third-order valence-corrected chi connectivity index (χ3v) is 3.59. The van der Waals surface area contributed by atoms with Gasteiger partial charge in [0, 0.05) is 26.7 Å². The van der Waals surface area contributed by atoms with Crippen molar-refractivity contribution in [2.75, 3.05) is 20.3 Å². The van der Waals surface area contributed by atoms with Crippen molar-refractivity contribution in [3.8, 4) is 0 Å². The van der Waals surface area contributed by atoms with Gasteiger partial charge < -0.3 is 15.2 Å². The van der Waals surface area contributed by atoms with Gasteiger partial charge in [-0.1, -0.05) is 13.3 Å². The lowest BCUT2D eigenvalue weighted by atomic mass is 9.66. The van der Waals surface area contributed by atoms with E-state index in [1.54, 1.807) is 7.11 Å². The van der Waals surface area contributed by atoms with Crippen LogP contribution in [0.5, 0.6) is 0 Å². The monoisotopic (exact) mass is 257 g/mol. The number of ether oxygens (including phenoxy) is 1. The van der Waals surface area contributed by atoms with Crippen LogP contribution in [0.2, 0.25) is 0 Å². The minimum Gasteiger partial charge on any atom is -0.481 e. The maximum atomic E-state index is 11.7. The zero-order valence-electron chi connectivity index (χ0n) is 11.2. The summed E-state index contributed by atoms with van der Waals surface area (Å²) in [5.41, 5.74) is -0.202. The number of nitrogens with one attached hydrogen (secondary N) is 1. The van der Waals surface area contributed by atoms with Crippen molar-refractivity contribution in [2.45, 2.75) is 39.0 Å². The van der Waals surface area contributed by atoms with Crippen molar-refractivity contribution in [1.82, 2.24) is 5.32 Å². The van der Waals surface area contributed by atoms with Crippen LogP contribution in [0.3, 0.4) is 0 Å². The second-order valence-corrected chi connectivity index (χ2v) is 5.47. The summed E-state index contributed by atoms with van der Waals surface area (Å²) in [4.78, 5) is 22.5. The average molecular weight is 257 g/mol. The predicted molar refractivity (Wildman–Crippen MR) is 67.2 cm³/mol. The molecule has 0 radical (unpaired) electrons. The summed E-state index contributed by atoms with van der Waals surface area (Å²) in [6, 6.07) is 0. The van der Waals surface area contributed by atoms with Crippen LogP contribution in [-0.4, -0.2) is 37.2 Å². The molecule has 18 heavy (non-hydrogen) atoms. The highest BCUT2D eigenvalue weighted by atomic mass is 16.5. The third-order valence-electron chi connectivity index (χ3n) is 3.59. The van der Waals surface area contributed by atoms with E-state index in [2.05, 4.69) is 5.32 Å². The van der Waals surface area contributed by atoms with E-state index in [9.17, 15) is 9.59 Å². The molecule has 0 spiro atoms. The molecule has 1 amide bonds. The summed E-state index contributed by atoms with van der Waals surface area (Å²) >= 11 is 0.